The number of nitrogens with one attached hydrogen (secondary N) is 1. The molecule has 0 spiro atoms. The van der Waals surface area contributed by atoms with E-state index in [1.54, 1.807) is 11.3 Å². The number of rotatable bonds is 2. The van der Waals surface area contributed by atoms with E-state index in [-0.39, 0.29) is 12.2 Å². The average molecular weight is 417 g/mol. The molecule has 8 heteroatoms. The molecule has 0 aliphatic rings. The Morgan fingerprint density at radius 1 is 1.07 bits per heavy atom. The Bertz CT molecular complexity index is 1050. The van der Waals surface area contributed by atoms with Crippen LogP contribution in [0.4, 0.5) is 19.0 Å². The molecule has 0 radical (unpaired) electrons. The van der Waals surface area contributed by atoms with Crippen LogP contribution >= 0.6 is 11.3 Å². The van der Waals surface area contributed by atoms with Crippen LogP contribution in [-0.2, 0) is 11.0 Å². The second-order valence-electron chi connectivity index (χ2n) is 6.00. The van der Waals surface area contributed by atoms with Gasteiger partial charge in [-0.15, -0.1) is 11.3 Å². The number of alkyl halides is 3. The first-order valence-electron chi connectivity index (χ1n) is 8.44. The lowest BCUT2D eigenvalue weighted by molar-refractivity contribution is -0.137. The molecule has 2 aromatic heterocycles. The van der Waals surface area contributed by atoms with Crippen LogP contribution in [0.5, 0.6) is 0 Å². The van der Waals surface area contributed by atoms with E-state index in [2.05, 4.69) is 53.9 Å². The normalized spacial score (nSPS) is 10.3. The van der Waals surface area contributed by atoms with Gasteiger partial charge in [-0.05, 0) is 56.0 Å². The standard InChI is InChI=1S/C14H13NS.C7H5F3N2O/c1-10-4-5-11(2)13(8-10)6-7-14-9-15-12(3)16-14;8-7(9,10)5-1-2-11-6(3-5)12-4-13/h4-5,8-9H,1-3H3;1-4H,(H,11,12,13). The number of aromatic nitrogens is 2. The molecule has 0 aliphatic heterocycles. The zero-order valence-electron chi connectivity index (χ0n) is 16.0. The van der Waals surface area contributed by atoms with Gasteiger partial charge in [-0.3, -0.25) is 4.79 Å². The van der Waals surface area contributed by atoms with E-state index in [9.17, 15) is 18.0 Å². The number of carbonyl (C=O) groups excluding carboxylic acids is 1. The number of halogens is 3. The first kappa shape index (κ1) is 22.1. The molecule has 0 saturated carbocycles. The average Bonchev–Trinajstić information content (AvgIpc) is 3.08. The number of anilines is 1. The Labute approximate surface area is 170 Å². The van der Waals surface area contributed by atoms with Crippen molar-refractivity contribution in [2.75, 3.05) is 5.32 Å². The first-order chi connectivity index (χ1) is 13.7. The monoisotopic (exact) mass is 417 g/mol. The van der Waals surface area contributed by atoms with Gasteiger partial charge in [0.05, 0.1) is 21.6 Å². The largest absolute Gasteiger partial charge is 0.416 e. The number of hydrogen-bond acceptors (Lipinski definition) is 4. The lowest BCUT2D eigenvalue weighted by atomic mass is 10.1. The highest BCUT2D eigenvalue weighted by atomic mass is 32.1. The summed E-state index contributed by atoms with van der Waals surface area (Å²) in [5.74, 6) is 6.24. The Kier molecular flexibility index (Phi) is 7.51. The summed E-state index contributed by atoms with van der Waals surface area (Å²) < 4.78 is 36.2. The van der Waals surface area contributed by atoms with Gasteiger partial charge < -0.3 is 5.32 Å². The van der Waals surface area contributed by atoms with E-state index in [0.29, 0.717) is 0 Å². The van der Waals surface area contributed by atoms with Crippen LogP contribution in [-0.4, -0.2) is 16.4 Å². The predicted octanol–water partition coefficient (Wildman–Crippen LogP) is 5.14. The van der Waals surface area contributed by atoms with Crippen molar-refractivity contribution in [1.29, 1.82) is 0 Å². The van der Waals surface area contributed by atoms with Gasteiger partial charge in [0.25, 0.3) is 0 Å². The van der Waals surface area contributed by atoms with Crippen LogP contribution < -0.4 is 5.32 Å². The van der Waals surface area contributed by atoms with Crippen LogP contribution in [0.2, 0.25) is 0 Å². The van der Waals surface area contributed by atoms with Gasteiger partial charge in [0, 0.05) is 11.8 Å². The van der Waals surface area contributed by atoms with Crippen LogP contribution in [0, 0.1) is 32.6 Å². The SMILES string of the molecule is Cc1ccc(C)c(C#Cc2cnc(C)s2)c1.O=CNc1cc(C(F)(F)F)ccn1. The molecule has 0 unspecified atom stereocenters. The van der Waals surface area contributed by atoms with E-state index in [1.165, 1.54) is 11.1 Å². The highest BCUT2D eigenvalue weighted by molar-refractivity contribution is 7.12. The molecule has 0 atom stereocenters. The summed E-state index contributed by atoms with van der Waals surface area (Å²) in [7, 11) is 0. The van der Waals surface area contributed by atoms with Crippen molar-refractivity contribution in [2.45, 2.75) is 26.9 Å². The summed E-state index contributed by atoms with van der Waals surface area (Å²) in [6.07, 6.45) is -1.34. The molecule has 0 saturated heterocycles. The Morgan fingerprint density at radius 2 is 1.83 bits per heavy atom. The molecular weight excluding hydrogens is 399 g/mol. The number of pyridine rings is 1. The second-order valence-corrected chi connectivity index (χ2v) is 7.24. The van der Waals surface area contributed by atoms with Crippen molar-refractivity contribution in [3.63, 3.8) is 0 Å². The van der Waals surface area contributed by atoms with E-state index in [4.69, 9.17) is 0 Å². The Hall–Kier alpha value is -3.18. The minimum Gasteiger partial charge on any atom is -0.313 e. The smallest absolute Gasteiger partial charge is 0.313 e. The highest BCUT2D eigenvalue weighted by Gasteiger charge is 2.30. The number of amides is 1. The number of benzene rings is 1. The highest BCUT2D eigenvalue weighted by Crippen LogP contribution is 2.29. The topological polar surface area (TPSA) is 54.9 Å². The summed E-state index contributed by atoms with van der Waals surface area (Å²) in [4.78, 5) is 18.6. The van der Waals surface area contributed by atoms with Gasteiger partial charge in [0.2, 0.25) is 6.41 Å². The molecular formula is C21H18F3N3OS. The molecule has 3 aromatic rings. The third-order valence-electron chi connectivity index (χ3n) is 3.63. The van der Waals surface area contributed by atoms with Gasteiger partial charge in [-0.25, -0.2) is 9.97 Å². The molecule has 0 fully saturated rings. The fraction of sp³-hybridized carbons (Fsp3) is 0.190. The maximum atomic E-state index is 12.1. The maximum Gasteiger partial charge on any atom is 0.416 e. The van der Waals surface area contributed by atoms with Crippen LogP contribution in [0.3, 0.4) is 0 Å². The fourth-order valence-corrected chi connectivity index (χ4v) is 2.80. The number of hydrogen-bond donors (Lipinski definition) is 1. The van der Waals surface area contributed by atoms with E-state index < -0.39 is 11.7 Å². The zero-order chi connectivity index (χ0) is 21.4. The summed E-state index contributed by atoms with van der Waals surface area (Å²) in [5, 5.41) is 3.09. The summed E-state index contributed by atoms with van der Waals surface area (Å²) in [6.45, 7) is 6.16. The molecule has 1 N–H and O–H groups in total. The minimum atomic E-state index is -4.41. The quantitative estimate of drug-likeness (QED) is 0.464. The summed E-state index contributed by atoms with van der Waals surface area (Å²) >= 11 is 1.63. The number of nitrogens with zero attached hydrogens (tertiary/aromatic N) is 2. The fourth-order valence-electron chi connectivity index (χ4n) is 2.16. The Morgan fingerprint density at radius 3 is 2.45 bits per heavy atom. The van der Waals surface area contributed by atoms with Crippen LogP contribution in [0.1, 0.15) is 32.1 Å². The third-order valence-corrected chi connectivity index (χ3v) is 4.46. The molecule has 29 heavy (non-hydrogen) atoms. The van der Waals surface area contributed by atoms with Crippen molar-refractivity contribution >= 4 is 23.6 Å². The third kappa shape index (κ3) is 7.05. The molecule has 1 aromatic carbocycles. The Balaban J connectivity index is 0.000000212. The summed E-state index contributed by atoms with van der Waals surface area (Å²) in [5.41, 5.74) is 2.73. The minimum absolute atomic E-state index is 0.121. The molecule has 0 bridgehead atoms. The number of carbonyl (C=O) groups is 1. The van der Waals surface area contributed by atoms with E-state index in [1.807, 2.05) is 18.4 Å². The van der Waals surface area contributed by atoms with Crippen molar-refractivity contribution < 1.29 is 18.0 Å². The van der Waals surface area contributed by atoms with Gasteiger partial charge in [0.1, 0.15) is 5.82 Å². The van der Waals surface area contributed by atoms with Crippen molar-refractivity contribution in [1.82, 2.24) is 9.97 Å². The molecule has 0 aliphatic carbocycles. The second kappa shape index (κ2) is 9.85. The van der Waals surface area contributed by atoms with Gasteiger partial charge >= 0.3 is 6.18 Å². The molecule has 1 amide bonds. The zero-order valence-corrected chi connectivity index (χ0v) is 16.8. The van der Waals surface area contributed by atoms with Crippen molar-refractivity contribution in [3.8, 4) is 11.8 Å². The molecule has 2 heterocycles. The number of aryl methyl sites for hydroxylation is 3. The maximum absolute atomic E-state index is 12.1. The van der Waals surface area contributed by atoms with Gasteiger partial charge in [-0.2, -0.15) is 13.2 Å². The van der Waals surface area contributed by atoms with Crippen LogP contribution in [0.25, 0.3) is 0 Å². The van der Waals surface area contributed by atoms with Gasteiger partial charge in [-0.1, -0.05) is 18.1 Å². The lowest BCUT2D eigenvalue weighted by Gasteiger charge is -2.06. The van der Waals surface area contributed by atoms with Crippen molar-refractivity contribution in [3.05, 3.63) is 74.9 Å². The van der Waals surface area contributed by atoms with Crippen LogP contribution in [0.15, 0.2) is 42.7 Å². The van der Waals surface area contributed by atoms with Gasteiger partial charge in [0.15, 0.2) is 0 Å². The predicted molar refractivity (Wildman–Crippen MR) is 108 cm³/mol. The number of thiazole rings is 1. The lowest BCUT2D eigenvalue weighted by Crippen LogP contribution is -2.06. The molecule has 4 nitrogen and oxygen atoms in total. The molecule has 3 rings (SSSR count). The van der Waals surface area contributed by atoms with E-state index in [0.717, 1.165) is 33.8 Å². The van der Waals surface area contributed by atoms with Crippen molar-refractivity contribution in [2.24, 2.45) is 0 Å². The molecule has 150 valence electrons. The first-order valence-corrected chi connectivity index (χ1v) is 9.26. The van der Waals surface area contributed by atoms with E-state index >= 15 is 0 Å². The summed E-state index contributed by atoms with van der Waals surface area (Å²) in [6, 6.07) is 7.93.